The number of alkyl halides is 3. The highest BCUT2D eigenvalue weighted by molar-refractivity contribution is 5.83. The minimum absolute atomic E-state index is 0.0216. The number of hydrogen-bond acceptors (Lipinski definition) is 3. The Bertz CT molecular complexity index is 689. The lowest BCUT2D eigenvalue weighted by atomic mass is 9.76. The van der Waals surface area contributed by atoms with Crippen molar-refractivity contribution in [3.05, 3.63) is 29.1 Å². The SMILES string of the molecule is CC(C)CC1(C(=O)N2CCc3ncc(C(F)(F)F)cc3C2)CCC(N)C1. The quantitative estimate of drug-likeness (QED) is 0.887. The number of rotatable bonds is 3. The van der Waals surface area contributed by atoms with E-state index in [2.05, 4.69) is 18.8 Å². The molecule has 0 radical (unpaired) electrons. The number of carbonyl (C=O) groups is 1. The van der Waals surface area contributed by atoms with Gasteiger partial charge in [-0.25, -0.2) is 0 Å². The summed E-state index contributed by atoms with van der Waals surface area (Å²) in [4.78, 5) is 19.0. The molecule has 0 aromatic carbocycles. The monoisotopic (exact) mass is 369 g/mol. The Labute approximate surface area is 152 Å². The summed E-state index contributed by atoms with van der Waals surface area (Å²) in [5, 5.41) is 0. The molecule has 26 heavy (non-hydrogen) atoms. The first-order valence-corrected chi connectivity index (χ1v) is 9.21. The van der Waals surface area contributed by atoms with Crippen LogP contribution in [0.2, 0.25) is 0 Å². The zero-order valence-electron chi connectivity index (χ0n) is 15.3. The van der Waals surface area contributed by atoms with E-state index >= 15 is 0 Å². The van der Waals surface area contributed by atoms with Crippen LogP contribution >= 0.6 is 0 Å². The maximum atomic E-state index is 13.3. The standard InChI is InChI=1S/C19H26F3N3O/c1-12(2)8-18(5-3-15(23)9-18)17(26)25-6-4-16-13(11-25)7-14(10-24-16)19(20,21)22/h7,10,12,15H,3-6,8-9,11,23H2,1-2H3. The molecule has 1 aliphatic heterocycles. The van der Waals surface area contributed by atoms with Crippen LogP contribution in [0.25, 0.3) is 0 Å². The van der Waals surface area contributed by atoms with Crippen LogP contribution in [-0.2, 0) is 23.9 Å². The zero-order chi connectivity index (χ0) is 19.1. The molecule has 1 saturated carbocycles. The molecular weight excluding hydrogens is 343 g/mol. The molecule has 0 spiro atoms. The van der Waals surface area contributed by atoms with Crippen molar-refractivity contribution in [2.24, 2.45) is 17.1 Å². The van der Waals surface area contributed by atoms with Gasteiger partial charge >= 0.3 is 6.18 Å². The van der Waals surface area contributed by atoms with E-state index in [-0.39, 0.29) is 18.5 Å². The van der Waals surface area contributed by atoms with Crippen molar-refractivity contribution in [2.45, 2.75) is 64.7 Å². The first-order chi connectivity index (χ1) is 12.1. The van der Waals surface area contributed by atoms with Gasteiger partial charge in [-0.15, -0.1) is 0 Å². The molecule has 1 aromatic heterocycles. The van der Waals surface area contributed by atoms with Gasteiger partial charge in [0.1, 0.15) is 0 Å². The Balaban J connectivity index is 1.83. The van der Waals surface area contributed by atoms with E-state index in [1.807, 2.05) is 0 Å². The Morgan fingerprint density at radius 1 is 1.46 bits per heavy atom. The molecule has 2 N–H and O–H groups in total. The van der Waals surface area contributed by atoms with E-state index in [0.29, 0.717) is 36.6 Å². The van der Waals surface area contributed by atoms with E-state index in [1.165, 1.54) is 0 Å². The first-order valence-electron chi connectivity index (χ1n) is 9.21. The number of nitrogens with two attached hydrogens (primary N) is 1. The number of nitrogens with zero attached hydrogens (tertiary/aromatic N) is 2. The van der Waals surface area contributed by atoms with Crippen molar-refractivity contribution >= 4 is 5.91 Å². The Morgan fingerprint density at radius 3 is 2.77 bits per heavy atom. The molecule has 7 heteroatoms. The minimum Gasteiger partial charge on any atom is -0.337 e. The van der Waals surface area contributed by atoms with Gasteiger partial charge in [-0.3, -0.25) is 9.78 Å². The van der Waals surface area contributed by atoms with Crippen LogP contribution < -0.4 is 5.73 Å². The largest absolute Gasteiger partial charge is 0.417 e. The number of halogens is 3. The highest BCUT2D eigenvalue weighted by atomic mass is 19.4. The third-order valence-electron chi connectivity index (χ3n) is 5.55. The normalized spacial score (nSPS) is 26.3. The molecule has 144 valence electrons. The fourth-order valence-electron chi connectivity index (χ4n) is 4.51. The summed E-state index contributed by atoms with van der Waals surface area (Å²) in [6.45, 7) is 4.87. The van der Waals surface area contributed by atoms with E-state index in [1.54, 1.807) is 4.90 Å². The highest BCUT2D eigenvalue weighted by Crippen LogP contribution is 2.45. The second-order valence-corrected chi connectivity index (χ2v) is 8.19. The van der Waals surface area contributed by atoms with Gasteiger partial charge < -0.3 is 10.6 Å². The fourth-order valence-corrected chi connectivity index (χ4v) is 4.51. The fraction of sp³-hybridized carbons (Fsp3) is 0.684. The summed E-state index contributed by atoms with van der Waals surface area (Å²) >= 11 is 0. The van der Waals surface area contributed by atoms with Crippen molar-refractivity contribution in [2.75, 3.05) is 6.54 Å². The molecule has 1 aromatic rings. The van der Waals surface area contributed by atoms with Crippen LogP contribution in [0, 0.1) is 11.3 Å². The third-order valence-corrected chi connectivity index (χ3v) is 5.55. The molecule has 1 aliphatic carbocycles. The van der Waals surface area contributed by atoms with E-state index in [4.69, 9.17) is 5.73 Å². The molecule has 4 nitrogen and oxygen atoms in total. The maximum Gasteiger partial charge on any atom is 0.417 e. The highest BCUT2D eigenvalue weighted by Gasteiger charge is 2.47. The van der Waals surface area contributed by atoms with Crippen LogP contribution in [0.1, 0.15) is 56.4 Å². The van der Waals surface area contributed by atoms with E-state index in [9.17, 15) is 18.0 Å². The Hall–Kier alpha value is -1.63. The van der Waals surface area contributed by atoms with Gasteiger partial charge in [0.2, 0.25) is 5.91 Å². The summed E-state index contributed by atoms with van der Waals surface area (Å²) in [6.07, 6.45) is -0.0447. The average Bonchev–Trinajstić information content (AvgIpc) is 2.93. The van der Waals surface area contributed by atoms with Gasteiger partial charge in [0.05, 0.1) is 11.0 Å². The van der Waals surface area contributed by atoms with Crippen molar-refractivity contribution in [3.8, 4) is 0 Å². The molecule has 0 saturated heterocycles. The van der Waals surface area contributed by atoms with Gasteiger partial charge in [-0.05, 0) is 43.2 Å². The number of carbonyl (C=O) groups excluding carboxylic acids is 1. The molecule has 2 aliphatic rings. The second kappa shape index (κ2) is 6.83. The molecule has 1 amide bonds. The van der Waals surface area contributed by atoms with Crippen molar-refractivity contribution in [1.82, 2.24) is 9.88 Å². The topological polar surface area (TPSA) is 59.2 Å². The van der Waals surface area contributed by atoms with Crippen molar-refractivity contribution < 1.29 is 18.0 Å². The molecule has 0 bridgehead atoms. The van der Waals surface area contributed by atoms with Crippen LogP contribution in [0.4, 0.5) is 13.2 Å². The number of aromatic nitrogens is 1. The lowest BCUT2D eigenvalue weighted by Crippen LogP contribution is -2.46. The van der Waals surface area contributed by atoms with Crippen LogP contribution in [0.3, 0.4) is 0 Å². The number of fused-ring (bicyclic) bond motifs is 1. The third kappa shape index (κ3) is 3.72. The summed E-state index contributed by atoms with van der Waals surface area (Å²) < 4.78 is 38.9. The predicted molar refractivity (Wildman–Crippen MR) is 92.1 cm³/mol. The molecule has 2 heterocycles. The molecular formula is C19H26F3N3O. The van der Waals surface area contributed by atoms with E-state index in [0.717, 1.165) is 31.5 Å². The van der Waals surface area contributed by atoms with Gasteiger partial charge in [0, 0.05) is 37.4 Å². The number of hydrogen-bond donors (Lipinski definition) is 1. The zero-order valence-corrected chi connectivity index (χ0v) is 15.3. The first kappa shape index (κ1) is 19.1. The summed E-state index contributed by atoms with van der Waals surface area (Å²) in [5.74, 6) is 0.405. The van der Waals surface area contributed by atoms with Gasteiger partial charge in [0.15, 0.2) is 0 Å². The molecule has 1 fully saturated rings. The smallest absolute Gasteiger partial charge is 0.337 e. The molecule has 3 rings (SSSR count). The average molecular weight is 369 g/mol. The summed E-state index contributed by atoms with van der Waals surface area (Å²) in [5.41, 5.74) is 6.02. The summed E-state index contributed by atoms with van der Waals surface area (Å²) in [7, 11) is 0. The van der Waals surface area contributed by atoms with Crippen molar-refractivity contribution in [3.63, 3.8) is 0 Å². The molecule has 2 atom stereocenters. The van der Waals surface area contributed by atoms with E-state index < -0.39 is 17.2 Å². The number of pyridine rings is 1. The molecule has 2 unspecified atom stereocenters. The van der Waals surface area contributed by atoms with Crippen LogP contribution in [-0.4, -0.2) is 28.4 Å². The lowest BCUT2D eigenvalue weighted by molar-refractivity contribution is -0.144. The van der Waals surface area contributed by atoms with Gasteiger partial charge in [-0.1, -0.05) is 13.8 Å². The van der Waals surface area contributed by atoms with Gasteiger partial charge in [0.25, 0.3) is 0 Å². The lowest BCUT2D eigenvalue weighted by Gasteiger charge is -2.38. The Kier molecular flexibility index (Phi) is 5.03. The number of amides is 1. The predicted octanol–water partition coefficient (Wildman–Crippen LogP) is 3.53. The second-order valence-electron chi connectivity index (χ2n) is 8.19. The summed E-state index contributed by atoms with van der Waals surface area (Å²) in [6, 6.07) is 1.16. The Morgan fingerprint density at radius 2 is 2.19 bits per heavy atom. The van der Waals surface area contributed by atoms with Gasteiger partial charge in [-0.2, -0.15) is 13.2 Å². The maximum absolute atomic E-state index is 13.3. The van der Waals surface area contributed by atoms with Crippen molar-refractivity contribution in [1.29, 1.82) is 0 Å². The van der Waals surface area contributed by atoms with Crippen LogP contribution in [0.5, 0.6) is 0 Å². The minimum atomic E-state index is -4.43. The van der Waals surface area contributed by atoms with Crippen LogP contribution in [0.15, 0.2) is 12.3 Å².